The van der Waals surface area contributed by atoms with Crippen LogP contribution in [0.4, 0.5) is 17.5 Å². The van der Waals surface area contributed by atoms with Crippen molar-refractivity contribution >= 4 is 17.5 Å². The second kappa shape index (κ2) is 6.23. The number of fused-ring (bicyclic) bond motifs is 1. The third-order valence-corrected chi connectivity index (χ3v) is 4.17. The van der Waals surface area contributed by atoms with Crippen LogP contribution in [0.3, 0.4) is 0 Å². The zero-order valence-electron chi connectivity index (χ0n) is 13.4. The summed E-state index contributed by atoms with van der Waals surface area (Å²) in [5.74, 6) is 1.34. The van der Waals surface area contributed by atoms with Gasteiger partial charge in [0, 0.05) is 30.7 Å². The van der Waals surface area contributed by atoms with Crippen molar-refractivity contribution in [2.45, 2.75) is 25.9 Å². The molecule has 0 bridgehead atoms. The van der Waals surface area contributed by atoms with Crippen LogP contribution in [-0.4, -0.2) is 26.2 Å². The maximum atomic E-state index is 4.64. The molecule has 6 heteroatoms. The van der Waals surface area contributed by atoms with E-state index in [-0.39, 0.29) is 0 Å². The third-order valence-electron chi connectivity index (χ3n) is 4.17. The Balaban J connectivity index is 1.57. The van der Waals surface area contributed by atoms with E-state index in [1.54, 1.807) is 12.4 Å². The molecule has 24 heavy (non-hydrogen) atoms. The predicted molar refractivity (Wildman–Crippen MR) is 93.1 cm³/mol. The van der Waals surface area contributed by atoms with Gasteiger partial charge in [0.2, 0.25) is 0 Å². The molecule has 1 aromatic carbocycles. The van der Waals surface area contributed by atoms with Crippen LogP contribution in [0.25, 0.3) is 0 Å². The molecule has 120 valence electrons. The summed E-state index contributed by atoms with van der Waals surface area (Å²) in [6, 6.07) is 12.6. The molecule has 4 rings (SSSR count). The number of para-hydroxylation sites is 1. The van der Waals surface area contributed by atoms with Crippen molar-refractivity contribution in [1.29, 1.82) is 0 Å². The van der Waals surface area contributed by atoms with E-state index in [4.69, 9.17) is 0 Å². The normalized spacial score (nSPS) is 16.0. The van der Waals surface area contributed by atoms with Gasteiger partial charge >= 0.3 is 0 Å². The summed E-state index contributed by atoms with van der Waals surface area (Å²) in [4.78, 5) is 10.9. The number of benzene rings is 1. The van der Waals surface area contributed by atoms with Gasteiger partial charge < -0.3 is 10.2 Å². The van der Waals surface area contributed by atoms with Gasteiger partial charge in [-0.2, -0.15) is 10.1 Å². The van der Waals surface area contributed by atoms with E-state index < -0.39 is 0 Å². The van der Waals surface area contributed by atoms with Crippen LogP contribution in [0.2, 0.25) is 0 Å². The van der Waals surface area contributed by atoms with E-state index in [9.17, 15) is 0 Å². The summed E-state index contributed by atoms with van der Waals surface area (Å²) >= 11 is 0. The lowest BCUT2D eigenvalue weighted by molar-refractivity contribution is 0.729. The van der Waals surface area contributed by atoms with Gasteiger partial charge in [0.15, 0.2) is 5.82 Å². The van der Waals surface area contributed by atoms with Gasteiger partial charge in [0.05, 0.1) is 6.20 Å². The summed E-state index contributed by atoms with van der Waals surface area (Å²) in [5.41, 5.74) is 3.58. The standard InChI is InChI=1S/C18H18N6/c1-13-9-15-6-2-3-7-16(15)24(13)18-22-17(12-21-23-18)20-11-14-5-4-8-19-10-14/h2-8,10,12-13H,9,11H2,1H3,(H,20,22,23). The third kappa shape index (κ3) is 2.78. The molecule has 0 saturated heterocycles. The van der Waals surface area contributed by atoms with E-state index in [2.05, 4.69) is 55.5 Å². The highest BCUT2D eigenvalue weighted by molar-refractivity contribution is 5.67. The Bertz CT molecular complexity index is 836. The summed E-state index contributed by atoms with van der Waals surface area (Å²) in [6.07, 6.45) is 6.24. The number of pyridine rings is 1. The van der Waals surface area contributed by atoms with Crippen molar-refractivity contribution in [2.24, 2.45) is 0 Å². The highest BCUT2D eigenvalue weighted by atomic mass is 15.4. The van der Waals surface area contributed by atoms with Gasteiger partial charge in [-0.15, -0.1) is 5.10 Å². The van der Waals surface area contributed by atoms with Crippen molar-refractivity contribution in [1.82, 2.24) is 20.2 Å². The van der Waals surface area contributed by atoms with E-state index in [0.717, 1.165) is 17.7 Å². The Morgan fingerprint density at radius 2 is 2.08 bits per heavy atom. The fourth-order valence-electron chi connectivity index (χ4n) is 3.05. The number of nitrogens with one attached hydrogen (secondary N) is 1. The summed E-state index contributed by atoms with van der Waals surface area (Å²) in [5, 5.41) is 11.6. The molecule has 1 atom stereocenters. The molecule has 0 radical (unpaired) electrons. The van der Waals surface area contributed by atoms with Gasteiger partial charge in [-0.05, 0) is 36.6 Å². The quantitative estimate of drug-likeness (QED) is 0.798. The minimum Gasteiger partial charge on any atom is -0.364 e. The monoisotopic (exact) mass is 318 g/mol. The molecule has 0 fully saturated rings. The second-order valence-electron chi connectivity index (χ2n) is 5.91. The molecule has 1 aliphatic rings. The molecule has 6 nitrogen and oxygen atoms in total. The molecule has 0 spiro atoms. The molecular weight excluding hydrogens is 300 g/mol. The second-order valence-corrected chi connectivity index (χ2v) is 5.91. The lowest BCUT2D eigenvalue weighted by atomic mass is 10.1. The summed E-state index contributed by atoms with van der Waals surface area (Å²) < 4.78 is 0. The van der Waals surface area contributed by atoms with E-state index in [1.807, 2.05) is 24.4 Å². The van der Waals surface area contributed by atoms with Crippen LogP contribution in [0.1, 0.15) is 18.1 Å². The van der Waals surface area contributed by atoms with Crippen molar-refractivity contribution in [3.63, 3.8) is 0 Å². The molecular formula is C18H18N6. The number of hydrogen-bond donors (Lipinski definition) is 1. The van der Waals surface area contributed by atoms with E-state index in [0.29, 0.717) is 24.4 Å². The predicted octanol–water partition coefficient (Wildman–Crippen LogP) is 2.96. The molecule has 3 aromatic rings. The molecule has 0 amide bonds. The minimum atomic E-state index is 0.317. The van der Waals surface area contributed by atoms with Crippen molar-refractivity contribution < 1.29 is 0 Å². The first-order valence-electron chi connectivity index (χ1n) is 8.01. The van der Waals surface area contributed by atoms with E-state index in [1.165, 1.54) is 5.56 Å². The number of nitrogens with zero attached hydrogens (tertiary/aromatic N) is 5. The lowest BCUT2D eigenvalue weighted by Crippen LogP contribution is -2.26. The Morgan fingerprint density at radius 1 is 1.17 bits per heavy atom. The Hall–Kier alpha value is -3.02. The lowest BCUT2D eigenvalue weighted by Gasteiger charge is -2.22. The highest BCUT2D eigenvalue weighted by Crippen LogP contribution is 2.36. The zero-order chi connectivity index (χ0) is 16.4. The summed E-state index contributed by atoms with van der Waals surface area (Å²) in [7, 11) is 0. The van der Waals surface area contributed by atoms with Crippen LogP contribution >= 0.6 is 0 Å². The maximum Gasteiger partial charge on any atom is 0.252 e. The number of hydrogen-bond acceptors (Lipinski definition) is 6. The SMILES string of the molecule is CC1Cc2ccccc2N1c1nncc(NCc2cccnc2)n1. The van der Waals surface area contributed by atoms with Crippen LogP contribution in [-0.2, 0) is 13.0 Å². The molecule has 3 heterocycles. The van der Waals surface area contributed by atoms with Crippen LogP contribution in [0, 0.1) is 0 Å². The number of rotatable bonds is 4. The van der Waals surface area contributed by atoms with Gasteiger partial charge in [-0.25, -0.2) is 0 Å². The van der Waals surface area contributed by atoms with Crippen molar-refractivity contribution in [3.05, 3.63) is 66.1 Å². The molecule has 1 unspecified atom stereocenters. The van der Waals surface area contributed by atoms with Crippen molar-refractivity contribution in [3.8, 4) is 0 Å². The van der Waals surface area contributed by atoms with Gasteiger partial charge in [0.25, 0.3) is 5.95 Å². The molecule has 1 aliphatic heterocycles. The molecule has 0 saturated carbocycles. The average molecular weight is 318 g/mol. The van der Waals surface area contributed by atoms with Crippen LogP contribution in [0.5, 0.6) is 0 Å². The van der Waals surface area contributed by atoms with Crippen molar-refractivity contribution in [2.75, 3.05) is 10.2 Å². The van der Waals surface area contributed by atoms with Crippen LogP contribution < -0.4 is 10.2 Å². The Kier molecular flexibility index (Phi) is 3.78. The first-order chi connectivity index (χ1) is 11.8. The van der Waals surface area contributed by atoms with Crippen LogP contribution in [0.15, 0.2) is 55.0 Å². The maximum absolute atomic E-state index is 4.64. The fraction of sp³-hybridized carbons (Fsp3) is 0.222. The van der Waals surface area contributed by atoms with Gasteiger partial charge in [0.1, 0.15) is 0 Å². The summed E-state index contributed by atoms with van der Waals surface area (Å²) in [6.45, 7) is 2.83. The molecule has 2 aromatic heterocycles. The zero-order valence-corrected chi connectivity index (χ0v) is 13.4. The fourth-order valence-corrected chi connectivity index (χ4v) is 3.05. The highest BCUT2D eigenvalue weighted by Gasteiger charge is 2.29. The minimum absolute atomic E-state index is 0.317. The first-order valence-corrected chi connectivity index (χ1v) is 8.01. The largest absolute Gasteiger partial charge is 0.364 e. The topological polar surface area (TPSA) is 66.8 Å². The average Bonchev–Trinajstić information content (AvgIpc) is 2.97. The molecule has 1 N–H and O–H groups in total. The number of anilines is 3. The van der Waals surface area contributed by atoms with E-state index >= 15 is 0 Å². The smallest absolute Gasteiger partial charge is 0.252 e. The Labute approximate surface area is 140 Å². The Morgan fingerprint density at radius 3 is 2.96 bits per heavy atom. The number of aromatic nitrogens is 4. The van der Waals surface area contributed by atoms with Gasteiger partial charge in [-0.3, -0.25) is 4.98 Å². The van der Waals surface area contributed by atoms with Gasteiger partial charge in [-0.1, -0.05) is 24.3 Å². The first kappa shape index (κ1) is 14.6. The molecule has 0 aliphatic carbocycles.